The number of alkyl halides is 3. The highest BCUT2D eigenvalue weighted by Gasteiger charge is 2.34. The zero-order valence-electron chi connectivity index (χ0n) is 13.4. The molecule has 1 aliphatic heterocycles. The lowest BCUT2D eigenvalue weighted by Crippen LogP contribution is -2.40. The van der Waals surface area contributed by atoms with E-state index in [-0.39, 0.29) is 17.7 Å². The molecule has 0 aromatic carbocycles. The third-order valence-electron chi connectivity index (χ3n) is 3.89. The molecule has 2 aromatic heterocycles. The zero-order valence-corrected chi connectivity index (χ0v) is 13.4. The first-order valence-corrected chi connectivity index (χ1v) is 7.73. The fraction of sp³-hybridized carbons (Fsp3) is 0.467. The largest absolute Gasteiger partial charge is 0.433 e. The van der Waals surface area contributed by atoms with Gasteiger partial charge in [-0.05, 0) is 19.8 Å². The van der Waals surface area contributed by atoms with Gasteiger partial charge < -0.3 is 10.2 Å². The summed E-state index contributed by atoms with van der Waals surface area (Å²) in [6.45, 7) is 2.51. The Kier molecular flexibility index (Phi) is 4.69. The van der Waals surface area contributed by atoms with Crippen LogP contribution in [0.25, 0.3) is 0 Å². The van der Waals surface area contributed by atoms with Crippen LogP contribution in [0.5, 0.6) is 0 Å². The average molecular weight is 356 g/mol. The van der Waals surface area contributed by atoms with Crippen molar-refractivity contribution in [3.63, 3.8) is 0 Å². The molecule has 10 heteroatoms. The van der Waals surface area contributed by atoms with E-state index in [1.807, 2.05) is 0 Å². The molecule has 134 valence electrons. The first kappa shape index (κ1) is 17.3. The van der Waals surface area contributed by atoms with E-state index in [9.17, 15) is 17.6 Å². The SMILES string of the molecule is Cc1nc(N2CCC(Nc3ncc(F)cn3)CC2)cc(C(F)(F)F)n1. The second-order valence-electron chi connectivity index (χ2n) is 5.79. The highest BCUT2D eigenvalue weighted by atomic mass is 19.4. The molecule has 0 saturated carbocycles. The van der Waals surface area contributed by atoms with Crippen LogP contribution in [-0.4, -0.2) is 39.1 Å². The van der Waals surface area contributed by atoms with Crippen LogP contribution in [0.4, 0.5) is 29.3 Å². The van der Waals surface area contributed by atoms with Crippen molar-refractivity contribution < 1.29 is 17.6 Å². The van der Waals surface area contributed by atoms with Crippen LogP contribution in [0.2, 0.25) is 0 Å². The van der Waals surface area contributed by atoms with Crippen LogP contribution in [-0.2, 0) is 6.18 Å². The van der Waals surface area contributed by atoms with E-state index in [1.54, 1.807) is 4.90 Å². The molecule has 1 N–H and O–H groups in total. The Morgan fingerprint density at radius 1 is 1.12 bits per heavy atom. The Bertz CT molecular complexity index is 726. The van der Waals surface area contributed by atoms with Crippen molar-refractivity contribution >= 4 is 11.8 Å². The molecule has 0 atom stereocenters. The number of aromatic nitrogens is 4. The summed E-state index contributed by atoms with van der Waals surface area (Å²) in [5.41, 5.74) is -0.935. The predicted octanol–water partition coefficient (Wildman–Crippen LogP) is 2.81. The van der Waals surface area contributed by atoms with Gasteiger partial charge >= 0.3 is 6.18 Å². The molecular formula is C15H16F4N6. The molecule has 25 heavy (non-hydrogen) atoms. The lowest BCUT2D eigenvalue weighted by atomic mass is 10.1. The van der Waals surface area contributed by atoms with Crippen molar-refractivity contribution in [1.82, 2.24) is 19.9 Å². The quantitative estimate of drug-likeness (QED) is 0.853. The molecule has 3 rings (SSSR count). The maximum atomic E-state index is 12.9. The maximum Gasteiger partial charge on any atom is 0.433 e. The summed E-state index contributed by atoms with van der Waals surface area (Å²) in [5.74, 6) is 0.179. The predicted molar refractivity (Wildman–Crippen MR) is 82.6 cm³/mol. The first-order chi connectivity index (χ1) is 11.8. The average Bonchev–Trinajstić information content (AvgIpc) is 2.56. The van der Waals surface area contributed by atoms with Crippen LogP contribution >= 0.6 is 0 Å². The van der Waals surface area contributed by atoms with Gasteiger partial charge in [-0.15, -0.1) is 0 Å². The Labute approximate surface area is 141 Å². The molecule has 1 saturated heterocycles. The standard InChI is InChI=1S/C15H16F4N6/c1-9-22-12(15(17,18)19)6-13(23-9)25-4-2-11(3-5-25)24-14-20-7-10(16)8-21-14/h6-8,11H,2-5H2,1H3,(H,20,21,24). The second-order valence-corrected chi connectivity index (χ2v) is 5.79. The summed E-state index contributed by atoms with van der Waals surface area (Å²) in [5, 5.41) is 3.10. The molecule has 0 spiro atoms. The Balaban J connectivity index is 1.64. The summed E-state index contributed by atoms with van der Waals surface area (Å²) in [6.07, 6.45) is -1.00. The summed E-state index contributed by atoms with van der Waals surface area (Å²) in [6, 6.07) is 1.04. The molecular weight excluding hydrogens is 340 g/mol. The van der Waals surface area contributed by atoms with Crippen molar-refractivity contribution in [3.05, 3.63) is 35.8 Å². The molecule has 0 bridgehead atoms. The Hall–Kier alpha value is -2.52. The third-order valence-corrected chi connectivity index (χ3v) is 3.89. The number of rotatable bonds is 3. The fourth-order valence-electron chi connectivity index (χ4n) is 2.68. The summed E-state index contributed by atoms with van der Waals surface area (Å²) in [4.78, 5) is 17.1. The number of hydrogen-bond acceptors (Lipinski definition) is 6. The number of halogens is 4. The Morgan fingerprint density at radius 2 is 1.76 bits per heavy atom. The van der Waals surface area contributed by atoms with E-state index in [0.717, 1.165) is 18.5 Å². The molecule has 3 heterocycles. The van der Waals surface area contributed by atoms with Crippen LogP contribution in [0, 0.1) is 12.7 Å². The minimum atomic E-state index is -4.50. The Morgan fingerprint density at radius 3 is 2.36 bits per heavy atom. The fourth-order valence-corrected chi connectivity index (χ4v) is 2.68. The van der Waals surface area contributed by atoms with Crippen LogP contribution in [0.1, 0.15) is 24.4 Å². The van der Waals surface area contributed by atoms with Gasteiger partial charge in [0.2, 0.25) is 5.95 Å². The lowest BCUT2D eigenvalue weighted by Gasteiger charge is -2.33. The topological polar surface area (TPSA) is 66.8 Å². The third kappa shape index (κ3) is 4.31. The lowest BCUT2D eigenvalue weighted by molar-refractivity contribution is -0.141. The van der Waals surface area contributed by atoms with Gasteiger partial charge in [-0.25, -0.2) is 24.3 Å². The van der Waals surface area contributed by atoms with E-state index >= 15 is 0 Å². The minimum absolute atomic E-state index is 0.0618. The van der Waals surface area contributed by atoms with Crippen LogP contribution in [0.15, 0.2) is 18.5 Å². The molecule has 1 fully saturated rings. The number of anilines is 2. The molecule has 1 aliphatic rings. The molecule has 0 unspecified atom stereocenters. The van der Waals surface area contributed by atoms with Gasteiger partial charge in [-0.2, -0.15) is 13.2 Å². The normalized spacial score (nSPS) is 16.1. The van der Waals surface area contributed by atoms with E-state index in [2.05, 4.69) is 25.3 Å². The smallest absolute Gasteiger partial charge is 0.356 e. The number of nitrogens with zero attached hydrogens (tertiary/aromatic N) is 5. The van der Waals surface area contributed by atoms with Crippen molar-refractivity contribution in [2.24, 2.45) is 0 Å². The number of nitrogens with one attached hydrogen (secondary N) is 1. The molecule has 0 amide bonds. The van der Waals surface area contributed by atoms with Crippen LogP contribution < -0.4 is 10.2 Å². The minimum Gasteiger partial charge on any atom is -0.356 e. The van der Waals surface area contributed by atoms with Gasteiger partial charge in [0.05, 0.1) is 12.4 Å². The van der Waals surface area contributed by atoms with Gasteiger partial charge in [0.15, 0.2) is 5.82 Å². The molecule has 0 radical (unpaired) electrons. The van der Waals surface area contributed by atoms with Gasteiger partial charge in [0.1, 0.15) is 17.3 Å². The summed E-state index contributed by atoms with van der Waals surface area (Å²) in [7, 11) is 0. The number of hydrogen-bond donors (Lipinski definition) is 1. The summed E-state index contributed by atoms with van der Waals surface area (Å²) >= 11 is 0. The van der Waals surface area contributed by atoms with Crippen molar-refractivity contribution in [2.45, 2.75) is 32.0 Å². The first-order valence-electron chi connectivity index (χ1n) is 7.73. The molecule has 2 aromatic rings. The number of aryl methyl sites for hydroxylation is 1. The van der Waals surface area contributed by atoms with Gasteiger partial charge in [0, 0.05) is 25.2 Å². The van der Waals surface area contributed by atoms with Gasteiger partial charge in [0.25, 0.3) is 0 Å². The number of piperidine rings is 1. The molecule has 0 aliphatic carbocycles. The van der Waals surface area contributed by atoms with Gasteiger partial charge in [-0.1, -0.05) is 0 Å². The maximum absolute atomic E-state index is 12.9. The second kappa shape index (κ2) is 6.77. The van der Waals surface area contributed by atoms with Gasteiger partial charge in [-0.3, -0.25) is 0 Å². The van der Waals surface area contributed by atoms with Crippen molar-refractivity contribution in [1.29, 1.82) is 0 Å². The highest BCUT2D eigenvalue weighted by molar-refractivity contribution is 5.41. The van der Waals surface area contributed by atoms with E-state index < -0.39 is 17.7 Å². The zero-order chi connectivity index (χ0) is 18.0. The van der Waals surface area contributed by atoms with E-state index in [4.69, 9.17) is 0 Å². The highest BCUT2D eigenvalue weighted by Crippen LogP contribution is 2.30. The van der Waals surface area contributed by atoms with Crippen molar-refractivity contribution in [3.8, 4) is 0 Å². The molecule has 6 nitrogen and oxygen atoms in total. The van der Waals surface area contributed by atoms with Crippen molar-refractivity contribution in [2.75, 3.05) is 23.3 Å². The van der Waals surface area contributed by atoms with Crippen LogP contribution in [0.3, 0.4) is 0 Å². The summed E-state index contributed by atoms with van der Waals surface area (Å²) < 4.78 is 51.5. The van der Waals surface area contributed by atoms with E-state index in [0.29, 0.717) is 31.9 Å². The van der Waals surface area contributed by atoms with E-state index in [1.165, 1.54) is 6.92 Å². The monoisotopic (exact) mass is 356 g/mol.